The summed E-state index contributed by atoms with van der Waals surface area (Å²) in [6.45, 7) is 7.31. The third-order valence-electron chi connectivity index (χ3n) is 5.78. The lowest BCUT2D eigenvalue weighted by Crippen LogP contribution is -2.46. The molecule has 0 aliphatic carbocycles. The van der Waals surface area contributed by atoms with Crippen molar-refractivity contribution in [1.29, 1.82) is 0 Å². The van der Waals surface area contributed by atoms with Gasteiger partial charge in [0.1, 0.15) is 11.6 Å². The van der Waals surface area contributed by atoms with Crippen molar-refractivity contribution in [2.24, 2.45) is 0 Å². The van der Waals surface area contributed by atoms with E-state index in [0.717, 1.165) is 34.6 Å². The number of hydrogen-bond acceptors (Lipinski definition) is 6. The van der Waals surface area contributed by atoms with Gasteiger partial charge < -0.3 is 24.2 Å². The van der Waals surface area contributed by atoms with E-state index in [0.29, 0.717) is 30.0 Å². The van der Waals surface area contributed by atoms with E-state index in [1.165, 1.54) is 12.1 Å². The van der Waals surface area contributed by atoms with Crippen molar-refractivity contribution >= 4 is 22.9 Å². The number of nitrogens with zero attached hydrogens (tertiary/aromatic N) is 3. The van der Waals surface area contributed by atoms with Crippen LogP contribution in [0.1, 0.15) is 44.7 Å². The molecule has 2 aromatic carbocycles. The van der Waals surface area contributed by atoms with Gasteiger partial charge in [0.2, 0.25) is 5.82 Å². The zero-order chi connectivity index (χ0) is 24.9. The number of allylic oxidation sites excluding steroid dienone is 1. The molecule has 0 fully saturated rings. The highest BCUT2D eigenvalue weighted by atomic mass is 32.1. The highest BCUT2D eigenvalue weighted by Crippen LogP contribution is 2.37. The van der Waals surface area contributed by atoms with Crippen LogP contribution in [0.2, 0.25) is 0 Å². The molecular formula is C26H29FN4O3S. The molecule has 7 nitrogen and oxygen atoms in total. The highest BCUT2D eigenvalue weighted by Gasteiger charge is 2.34. The van der Waals surface area contributed by atoms with Crippen LogP contribution in [0.3, 0.4) is 0 Å². The summed E-state index contributed by atoms with van der Waals surface area (Å²) in [4.78, 5) is 6.72. The van der Waals surface area contributed by atoms with Gasteiger partial charge in [-0.1, -0.05) is 17.3 Å². The van der Waals surface area contributed by atoms with Crippen molar-refractivity contribution in [1.82, 2.24) is 20.4 Å². The Morgan fingerprint density at radius 1 is 1.14 bits per heavy atom. The van der Waals surface area contributed by atoms with E-state index in [4.69, 9.17) is 31.2 Å². The number of aromatic nitrogens is 2. The Morgan fingerprint density at radius 3 is 2.51 bits per heavy atom. The van der Waals surface area contributed by atoms with E-state index < -0.39 is 0 Å². The summed E-state index contributed by atoms with van der Waals surface area (Å²) in [5.41, 5.74) is 3.34. The molecule has 0 bridgehead atoms. The van der Waals surface area contributed by atoms with E-state index in [-0.39, 0.29) is 18.0 Å². The Kier molecular flexibility index (Phi) is 7.77. The molecule has 1 atom stereocenters. The van der Waals surface area contributed by atoms with Crippen LogP contribution in [0.4, 0.5) is 4.39 Å². The second kappa shape index (κ2) is 11.0. The second-order valence-corrected chi connectivity index (χ2v) is 8.90. The minimum absolute atomic E-state index is 0.172. The lowest BCUT2D eigenvalue weighted by Gasteiger charge is -2.37. The van der Waals surface area contributed by atoms with Crippen molar-refractivity contribution in [3.8, 4) is 17.1 Å². The van der Waals surface area contributed by atoms with Crippen LogP contribution in [-0.4, -0.2) is 46.5 Å². The third kappa shape index (κ3) is 5.68. The molecule has 0 spiro atoms. The molecule has 1 aliphatic heterocycles. The molecule has 3 aromatic rings. The monoisotopic (exact) mass is 496 g/mol. The number of benzene rings is 2. The first kappa shape index (κ1) is 24.8. The fourth-order valence-electron chi connectivity index (χ4n) is 3.96. The number of hydrogen-bond donors (Lipinski definition) is 1. The van der Waals surface area contributed by atoms with Gasteiger partial charge in [-0.2, -0.15) is 4.98 Å². The minimum atomic E-state index is -0.365. The van der Waals surface area contributed by atoms with Crippen LogP contribution in [0.15, 0.2) is 58.8 Å². The molecule has 1 N–H and O–H groups in total. The molecule has 184 valence electrons. The number of halogens is 1. The minimum Gasteiger partial charge on any atom is -0.497 e. The van der Waals surface area contributed by atoms with Crippen molar-refractivity contribution in [2.45, 2.75) is 39.3 Å². The SMILES string of the molecule is COc1ccc(-c2noc(C3=C(C)N(CCCOC(C)C)C(=S)NC3c3ccc(F)cc3)n2)cc1. The topological polar surface area (TPSA) is 72.7 Å². The Bertz CT molecular complexity index is 1190. The number of thiocarbonyl (C=S) groups is 1. The maximum Gasteiger partial charge on any atom is 0.258 e. The van der Waals surface area contributed by atoms with Crippen LogP contribution in [0.5, 0.6) is 5.75 Å². The first-order valence-corrected chi connectivity index (χ1v) is 11.9. The zero-order valence-corrected chi connectivity index (χ0v) is 21.1. The van der Waals surface area contributed by atoms with Crippen molar-refractivity contribution in [3.05, 3.63) is 71.5 Å². The highest BCUT2D eigenvalue weighted by molar-refractivity contribution is 7.80. The molecule has 4 rings (SSSR count). The molecule has 1 unspecified atom stereocenters. The molecule has 9 heteroatoms. The molecule has 1 aromatic heterocycles. The average Bonchev–Trinajstić information content (AvgIpc) is 3.33. The normalized spacial score (nSPS) is 16.1. The molecule has 2 heterocycles. The van der Waals surface area contributed by atoms with E-state index in [9.17, 15) is 4.39 Å². The van der Waals surface area contributed by atoms with Crippen LogP contribution in [-0.2, 0) is 4.74 Å². The molecule has 0 saturated carbocycles. The van der Waals surface area contributed by atoms with Gasteiger partial charge in [-0.25, -0.2) is 4.39 Å². The Hall–Kier alpha value is -3.30. The van der Waals surface area contributed by atoms with Crippen molar-refractivity contribution in [2.75, 3.05) is 20.3 Å². The summed E-state index contributed by atoms with van der Waals surface area (Å²) in [5, 5.41) is 8.18. The first-order valence-electron chi connectivity index (χ1n) is 11.5. The van der Waals surface area contributed by atoms with Gasteiger partial charge in [0, 0.05) is 24.4 Å². The molecule has 0 saturated heterocycles. The predicted molar refractivity (Wildman–Crippen MR) is 136 cm³/mol. The Labute approximate surface area is 209 Å². The van der Waals surface area contributed by atoms with Crippen LogP contribution in [0.25, 0.3) is 17.0 Å². The molecule has 0 radical (unpaired) electrons. The van der Waals surface area contributed by atoms with Crippen molar-refractivity contribution < 1.29 is 18.4 Å². The number of nitrogens with one attached hydrogen (secondary N) is 1. The third-order valence-corrected chi connectivity index (χ3v) is 6.12. The predicted octanol–water partition coefficient (Wildman–Crippen LogP) is 5.36. The fourth-order valence-corrected chi connectivity index (χ4v) is 4.31. The van der Waals surface area contributed by atoms with Crippen LogP contribution in [0, 0.1) is 5.82 Å². The van der Waals surface area contributed by atoms with Gasteiger partial charge in [-0.15, -0.1) is 0 Å². The fraction of sp³-hybridized carbons (Fsp3) is 0.346. The van der Waals surface area contributed by atoms with Gasteiger partial charge >= 0.3 is 0 Å². The van der Waals surface area contributed by atoms with E-state index >= 15 is 0 Å². The molecular weight excluding hydrogens is 467 g/mol. The smallest absolute Gasteiger partial charge is 0.258 e. The lowest BCUT2D eigenvalue weighted by molar-refractivity contribution is 0.0749. The van der Waals surface area contributed by atoms with Gasteiger partial charge in [0.15, 0.2) is 5.11 Å². The number of ether oxygens (including phenoxy) is 2. The van der Waals surface area contributed by atoms with Crippen LogP contribution >= 0.6 is 12.2 Å². The largest absolute Gasteiger partial charge is 0.497 e. The summed E-state index contributed by atoms with van der Waals surface area (Å²) in [7, 11) is 1.62. The summed E-state index contributed by atoms with van der Waals surface area (Å²) in [5.74, 6) is 1.28. The Morgan fingerprint density at radius 2 is 1.86 bits per heavy atom. The summed E-state index contributed by atoms with van der Waals surface area (Å²) >= 11 is 5.70. The Balaban J connectivity index is 1.69. The van der Waals surface area contributed by atoms with E-state index in [1.807, 2.05) is 49.9 Å². The van der Waals surface area contributed by atoms with Gasteiger partial charge in [-0.05, 0) is 81.4 Å². The quantitative estimate of drug-likeness (QED) is 0.314. The first-order chi connectivity index (χ1) is 16.9. The summed E-state index contributed by atoms with van der Waals surface area (Å²) < 4.78 is 30.3. The van der Waals surface area contributed by atoms with Crippen LogP contribution < -0.4 is 10.1 Å². The van der Waals surface area contributed by atoms with E-state index in [1.54, 1.807) is 19.2 Å². The van der Waals surface area contributed by atoms with E-state index in [2.05, 4.69) is 10.5 Å². The molecule has 0 amide bonds. The molecule has 1 aliphatic rings. The summed E-state index contributed by atoms with van der Waals surface area (Å²) in [6, 6.07) is 13.4. The maximum absolute atomic E-state index is 13.6. The second-order valence-electron chi connectivity index (χ2n) is 8.51. The zero-order valence-electron chi connectivity index (χ0n) is 20.2. The van der Waals surface area contributed by atoms with Gasteiger partial charge in [0.05, 0.1) is 24.8 Å². The summed E-state index contributed by atoms with van der Waals surface area (Å²) in [6.07, 6.45) is 0.971. The van der Waals surface area contributed by atoms with Crippen molar-refractivity contribution in [3.63, 3.8) is 0 Å². The van der Waals surface area contributed by atoms with Gasteiger partial charge in [0.25, 0.3) is 5.89 Å². The lowest BCUT2D eigenvalue weighted by atomic mass is 9.94. The maximum atomic E-state index is 13.6. The number of rotatable bonds is 9. The average molecular weight is 497 g/mol. The van der Waals surface area contributed by atoms with Gasteiger partial charge in [-0.3, -0.25) is 0 Å². The number of methoxy groups -OCH3 is 1. The standard InChI is InChI=1S/C26H29FN4O3S/c1-16(2)33-15-5-14-31-17(3)22(23(28-26(31)35)18-6-10-20(27)11-7-18)25-29-24(30-34-25)19-8-12-21(32-4)13-9-19/h6-13,16,23H,5,14-15H2,1-4H3,(H,28,35). The molecule has 35 heavy (non-hydrogen) atoms.